The van der Waals surface area contributed by atoms with E-state index in [0.29, 0.717) is 6.04 Å². The molecule has 0 aliphatic rings. The van der Waals surface area contributed by atoms with Crippen LogP contribution in [0.25, 0.3) is 0 Å². The minimum absolute atomic E-state index is 0.593. The molecule has 0 bridgehead atoms. The number of aryl methyl sites for hydroxylation is 1. The molecular formula is C11H19NOS. The minimum atomic E-state index is 0.593. The van der Waals surface area contributed by atoms with Crippen molar-refractivity contribution in [1.82, 2.24) is 5.32 Å². The van der Waals surface area contributed by atoms with Crippen molar-refractivity contribution in [1.29, 1.82) is 0 Å². The van der Waals surface area contributed by atoms with Gasteiger partial charge in [-0.05, 0) is 31.7 Å². The van der Waals surface area contributed by atoms with E-state index < -0.39 is 0 Å². The summed E-state index contributed by atoms with van der Waals surface area (Å²) in [6.07, 6.45) is 3.31. The second kappa shape index (κ2) is 6.14. The van der Waals surface area contributed by atoms with Gasteiger partial charge in [-0.25, -0.2) is 0 Å². The van der Waals surface area contributed by atoms with Gasteiger partial charge in [0.05, 0.1) is 6.54 Å². The van der Waals surface area contributed by atoms with Gasteiger partial charge >= 0.3 is 0 Å². The van der Waals surface area contributed by atoms with Gasteiger partial charge in [0.15, 0.2) is 0 Å². The zero-order chi connectivity index (χ0) is 10.4. The summed E-state index contributed by atoms with van der Waals surface area (Å²) in [6.45, 7) is 5.02. The molecule has 1 rings (SSSR count). The largest absolute Gasteiger partial charge is 0.465 e. The normalized spacial score (nSPS) is 13.1. The van der Waals surface area contributed by atoms with Crippen LogP contribution in [-0.4, -0.2) is 18.1 Å². The third-order valence-electron chi connectivity index (χ3n) is 2.22. The molecule has 0 amide bonds. The maximum absolute atomic E-state index is 5.49. The van der Waals surface area contributed by atoms with Crippen molar-refractivity contribution in [3.05, 3.63) is 23.7 Å². The quantitative estimate of drug-likeness (QED) is 0.786. The first-order valence-corrected chi connectivity index (χ1v) is 6.43. The van der Waals surface area contributed by atoms with Crippen molar-refractivity contribution in [3.8, 4) is 0 Å². The maximum Gasteiger partial charge on any atom is 0.117 e. The van der Waals surface area contributed by atoms with E-state index in [4.69, 9.17) is 4.42 Å². The van der Waals surface area contributed by atoms with Gasteiger partial charge in [-0.3, -0.25) is 0 Å². The van der Waals surface area contributed by atoms with E-state index >= 15 is 0 Å². The van der Waals surface area contributed by atoms with Gasteiger partial charge in [-0.1, -0.05) is 6.92 Å². The lowest BCUT2D eigenvalue weighted by Crippen LogP contribution is -2.29. The molecule has 2 nitrogen and oxygen atoms in total. The summed E-state index contributed by atoms with van der Waals surface area (Å²) in [6, 6.07) is 4.64. The first kappa shape index (κ1) is 11.7. The Labute approximate surface area is 90.5 Å². The molecule has 1 atom stereocenters. The predicted octanol–water partition coefficient (Wildman–Crippen LogP) is 2.82. The monoisotopic (exact) mass is 213 g/mol. The summed E-state index contributed by atoms with van der Waals surface area (Å²) in [4.78, 5) is 0. The van der Waals surface area contributed by atoms with Crippen molar-refractivity contribution in [3.63, 3.8) is 0 Å². The molecular weight excluding hydrogens is 194 g/mol. The standard InChI is InChI=1S/C11H19NOS/c1-4-10(8-14-3)12-7-11-6-5-9(2)13-11/h5-6,10,12H,4,7-8H2,1-3H3. The molecule has 1 N–H and O–H groups in total. The van der Waals surface area contributed by atoms with E-state index in [2.05, 4.69) is 18.5 Å². The molecule has 80 valence electrons. The maximum atomic E-state index is 5.49. The summed E-state index contributed by atoms with van der Waals surface area (Å²) in [5.41, 5.74) is 0. The van der Waals surface area contributed by atoms with Crippen LogP contribution in [0.3, 0.4) is 0 Å². The van der Waals surface area contributed by atoms with Gasteiger partial charge < -0.3 is 9.73 Å². The van der Waals surface area contributed by atoms with Crippen molar-refractivity contribution in [2.45, 2.75) is 32.9 Å². The van der Waals surface area contributed by atoms with Crippen LogP contribution in [0.15, 0.2) is 16.5 Å². The lowest BCUT2D eigenvalue weighted by Gasteiger charge is -2.14. The molecule has 0 aliphatic carbocycles. The Morgan fingerprint density at radius 3 is 2.79 bits per heavy atom. The smallest absolute Gasteiger partial charge is 0.117 e. The first-order chi connectivity index (χ1) is 6.76. The average Bonchev–Trinajstić information content (AvgIpc) is 2.59. The number of furan rings is 1. The fraction of sp³-hybridized carbons (Fsp3) is 0.636. The Hall–Kier alpha value is -0.410. The SMILES string of the molecule is CCC(CSC)NCc1ccc(C)o1. The van der Waals surface area contributed by atoms with Crippen LogP contribution >= 0.6 is 11.8 Å². The zero-order valence-corrected chi connectivity index (χ0v) is 9.99. The van der Waals surface area contributed by atoms with E-state index in [9.17, 15) is 0 Å². The van der Waals surface area contributed by atoms with Gasteiger partial charge in [0.1, 0.15) is 11.5 Å². The van der Waals surface area contributed by atoms with E-state index in [1.165, 1.54) is 6.42 Å². The van der Waals surface area contributed by atoms with Crippen LogP contribution in [0.4, 0.5) is 0 Å². The Morgan fingerprint density at radius 1 is 1.50 bits per heavy atom. The number of hydrogen-bond donors (Lipinski definition) is 1. The third kappa shape index (κ3) is 3.76. The van der Waals surface area contributed by atoms with Crippen LogP contribution in [0.1, 0.15) is 24.9 Å². The Bertz CT molecular complexity index is 260. The van der Waals surface area contributed by atoms with E-state index in [1.807, 2.05) is 30.8 Å². The molecule has 0 aromatic carbocycles. The number of hydrogen-bond acceptors (Lipinski definition) is 3. The summed E-state index contributed by atoms with van der Waals surface area (Å²) < 4.78 is 5.49. The van der Waals surface area contributed by atoms with Gasteiger partial charge in [0.25, 0.3) is 0 Å². The fourth-order valence-corrected chi connectivity index (χ4v) is 2.10. The number of thioether (sulfide) groups is 1. The molecule has 0 saturated carbocycles. The van der Waals surface area contributed by atoms with E-state index in [-0.39, 0.29) is 0 Å². The van der Waals surface area contributed by atoms with Crippen molar-refractivity contribution in [2.24, 2.45) is 0 Å². The summed E-state index contributed by atoms with van der Waals surface area (Å²) in [5, 5.41) is 3.49. The zero-order valence-electron chi connectivity index (χ0n) is 9.17. The fourth-order valence-electron chi connectivity index (χ4n) is 1.35. The number of nitrogens with one attached hydrogen (secondary N) is 1. The summed E-state index contributed by atoms with van der Waals surface area (Å²) in [5.74, 6) is 3.18. The van der Waals surface area contributed by atoms with Gasteiger partial charge in [-0.15, -0.1) is 0 Å². The highest BCUT2D eigenvalue weighted by molar-refractivity contribution is 7.98. The summed E-state index contributed by atoms with van der Waals surface area (Å²) >= 11 is 1.88. The van der Waals surface area contributed by atoms with Crippen LogP contribution in [0.5, 0.6) is 0 Å². The molecule has 1 aromatic rings. The molecule has 1 aromatic heterocycles. The Morgan fingerprint density at radius 2 is 2.29 bits per heavy atom. The van der Waals surface area contributed by atoms with Crippen LogP contribution in [0.2, 0.25) is 0 Å². The van der Waals surface area contributed by atoms with E-state index in [1.54, 1.807) is 0 Å². The molecule has 0 fully saturated rings. The van der Waals surface area contributed by atoms with Crippen molar-refractivity contribution < 1.29 is 4.42 Å². The minimum Gasteiger partial charge on any atom is -0.465 e. The molecule has 1 unspecified atom stereocenters. The first-order valence-electron chi connectivity index (χ1n) is 5.04. The second-order valence-corrected chi connectivity index (χ2v) is 4.36. The molecule has 0 saturated heterocycles. The highest BCUT2D eigenvalue weighted by Gasteiger charge is 2.05. The van der Waals surface area contributed by atoms with Crippen molar-refractivity contribution >= 4 is 11.8 Å². The molecule has 3 heteroatoms. The van der Waals surface area contributed by atoms with Crippen LogP contribution < -0.4 is 5.32 Å². The topological polar surface area (TPSA) is 25.2 Å². The molecule has 1 heterocycles. The van der Waals surface area contributed by atoms with Gasteiger partial charge in [0.2, 0.25) is 0 Å². The molecule has 0 spiro atoms. The van der Waals surface area contributed by atoms with Crippen LogP contribution in [0, 0.1) is 6.92 Å². The van der Waals surface area contributed by atoms with Crippen molar-refractivity contribution in [2.75, 3.05) is 12.0 Å². The summed E-state index contributed by atoms with van der Waals surface area (Å²) in [7, 11) is 0. The molecule has 14 heavy (non-hydrogen) atoms. The number of rotatable bonds is 6. The second-order valence-electron chi connectivity index (χ2n) is 3.45. The lowest BCUT2D eigenvalue weighted by atomic mass is 10.2. The predicted molar refractivity (Wildman–Crippen MR) is 62.7 cm³/mol. The molecule has 0 radical (unpaired) electrons. The van der Waals surface area contributed by atoms with E-state index in [0.717, 1.165) is 23.8 Å². The van der Waals surface area contributed by atoms with Gasteiger partial charge in [-0.2, -0.15) is 11.8 Å². The highest BCUT2D eigenvalue weighted by Crippen LogP contribution is 2.07. The Balaban J connectivity index is 2.31. The third-order valence-corrected chi connectivity index (χ3v) is 2.96. The molecule has 0 aliphatic heterocycles. The van der Waals surface area contributed by atoms with Gasteiger partial charge in [0, 0.05) is 11.8 Å². The highest BCUT2D eigenvalue weighted by atomic mass is 32.2. The van der Waals surface area contributed by atoms with Crippen LogP contribution in [-0.2, 0) is 6.54 Å². The average molecular weight is 213 g/mol. The Kier molecular flexibility index (Phi) is 5.12. The lowest BCUT2D eigenvalue weighted by molar-refractivity contribution is 0.438.